The SMILES string of the molecule is Clc1cc(CC2CCCN2)cc(OCC2CC2)c1. The van der Waals surface area contributed by atoms with Gasteiger partial charge in [-0.3, -0.25) is 0 Å². The summed E-state index contributed by atoms with van der Waals surface area (Å²) >= 11 is 6.17. The molecule has 1 aliphatic carbocycles. The van der Waals surface area contributed by atoms with E-state index in [1.54, 1.807) is 0 Å². The maximum absolute atomic E-state index is 6.17. The molecule has 1 N–H and O–H groups in total. The van der Waals surface area contributed by atoms with Crippen LogP contribution in [0.4, 0.5) is 0 Å². The maximum atomic E-state index is 6.17. The van der Waals surface area contributed by atoms with Crippen molar-refractivity contribution in [1.82, 2.24) is 5.32 Å². The molecule has 3 rings (SSSR count). The third kappa shape index (κ3) is 3.39. The Bertz CT molecular complexity index is 411. The van der Waals surface area contributed by atoms with Crippen molar-refractivity contribution in [2.45, 2.75) is 38.1 Å². The van der Waals surface area contributed by atoms with Crippen molar-refractivity contribution in [3.8, 4) is 5.75 Å². The van der Waals surface area contributed by atoms with Gasteiger partial charge in [-0.1, -0.05) is 11.6 Å². The topological polar surface area (TPSA) is 21.3 Å². The first kappa shape index (κ1) is 12.3. The van der Waals surface area contributed by atoms with Crippen molar-refractivity contribution in [2.24, 2.45) is 5.92 Å². The molecule has 0 spiro atoms. The summed E-state index contributed by atoms with van der Waals surface area (Å²) in [4.78, 5) is 0. The highest BCUT2D eigenvalue weighted by Crippen LogP contribution is 2.30. The molecule has 0 radical (unpaired) electrons. The third-order valence-electron chi connectivity index (χ3n) is 3.76. The highest BCUT2D eigenvalue weighted by atomic mass is 35.5. The summed E-state index contributed by atoms with van der Waals surface area (Å²) in [5, 5.41) is 4.31. The van der Waals surface area contributed by atoms with Crippen LogP contribution in [0, 0.1) is 5.92 Å². The maximum Gasteiger partial charge on any atom is 0.121 e. The van der Waals surface area contributed by atoms with E-state index in [0.29, 0.717) is 6.04 Å². The Balaban J connectivity index is 1.64. The molecule has 2 fully saturated rings. The van der Waals surface area contributed by atoms with E-state index >= 15 is 0 Å². The monoisotopic (exact) mass is 265 g/mol. The predicted octanol–water partition coefficient (Wildman–Crippen LogP) is 3.42. The van der Waals surface area contributed by atoms with Gasteiger partial charge in [0.25, 0.3) is 0 Å². The smallest absolute Gasteiger partial charge is 0.121 e. The molecule has 1 saturated heterocycles. The molecular weight excluding hydrogens is 246 g/mol. The van der Waals surface area contributed by atoms with Crippen LogP contribution < -0.4 is 10.1 Å². The Morgan fingerprint density at radius 1 is 1.22 bits per heavy atom. The van der Waals surface area contributed by atoms with E-state index in [4.69, 9.17) is 16.3 Å². The van der Waals surface area contributed by atoms with Gasteiger partial charge >= 0.3 is 0 Å². The van der Waals surface area contributed by atoms with Gasteiger partial charge in [-0.2, -0.15) is 0 Å². The Labute approximate surface area is 114 Å². The van der Waals surface area contributed by atoms with Gasteiger partial charge in [-0.05, 0) is 68.3 Å². The summed E-state index contributed by atoms with van der Waals surface area (Å²) < 4.78 is 5.81. The molecule has 1 atom stereocenters. The van der Waals surface area contributed by atoms with Gasteiger partial charge < -0.3 is 10.1 Å². The highest BCUT2D eigenvalue weighted by molar-refractivity contribution is 6.30. The minimum atomic E-state index is 0.611. The van der Waals surface area contributed by atoms with Gasteiger partial charge in [0.1, 0.15) is 5.75 Å². The molecule has 98 valence electrons. The Hall–Kier alpha value is -0.730. The molecule has 0 aromatic heterocycles. The zero-order valence-corrected chi connectivity index (χ0v) is 11.4. The number of benzene rings is 1. The van der Waals surface area contributed by atoms with Gasteiger partial charge in [-0.15, -0.1) is 0 Å². The lowest BCUT2D eigenvalue weighted by atomic mass is 10.0. The van der Waals surface area contributed by atoms with Crippen LogP contribution in [0.15, 0.2) is 18.2 Å². The van der Waals surface area contributed by atoms with E-state index in [2.05, 4.69) is 17.4 Å². The largest absolute Gasteiger partial charge is 0.493 e. The minimum Gasteiger partial charge on any atom is -0.493 e. The zero-order chi connectivity index (χ0) is 12.4. The van der Waals surface area contributed by atoms with Crippen LogP contribution in [-0.2, 0) is 6.42 Å². The summed E-state index contributed by atoms with van der Waals surface area (Å²) in [5.41, 5.74) is 1.28. The minimum absolute atomic E-state index is 0.611. The van der Waals surface area contributed by atoms with Crippen molar-refractivity contribution in [2.75, 3.05) is 13.2 Å². The number of halogens is 1. The molecule has 2 aliphatic rings. The van der Waals surface area contributed by atoms with E-state index in [9.17, 15) is 0 Å². The number of rotatable bonds is 5. The number of hydrogen-bond donors (Lipinski definition) is 1. The lowest BCUT2D eigenvalue weighted by Gasteiger charge is -2.12. The summed E-state index contributed by atoms with van der Waals surface area (Å²) in [6.45, 7) is 2.00. The standard InChI is InChI=1S/C15H20ClNO/c16-13-6-12(7-14-2-1-5-17-14)8-15(9-13)18-10-11-3-4-11/h6,8-9,11,14,17H,1-5,7,10H2. The van der Waals surface area contributed by atoms with E-state index < -0.39 is 0 Å². The molecule has 18 heavy (non-hydrogen) atoms. The van der Waals surface area contributed by atoms with Gasteiger partial charge in [-0.25, -0.2) is 0 Å². The molecule has 0 bridgehead atoms. The van der Waals surface area contributed by atoms with E-state index in [0.717, 1.165) is 36.3 Å². The first-order valence-corrected chi connectivity index (χ1v) is 7.33. The summed E-state index contributed by atoms with van der Waals surface area (Å²) in [6, 6.07) is 6.75. The average molecular weight is 266 g/mol. The molecule has 1 saturated carbocycles. The van der Waals surface area contributed by atoms with Gasteiger partial charge in [0, 0.05) is 11.1 Å². The highest BCUT2D eigenvalue weighted by Gasteiger charge is 2.22. The van der Waals surface area contributed by atoms with Crippen molar-refractivity contribution in [3.63, 3.8) is 0 Å². The average Bonchev–Trinajstić information content (AvgIpc) is 3.04. The first-order chi connectivity index (χ1) is 8.79. The third-order valence-corrected chi connectivity index (χ3v) is 3.98. The van der Waals surface area contributed by atoms with Crippen molar-refractivity contribution in [3.05, 3.63) is 28.8 Å². The second kappa shape index (κ2) is 5.50. The van der Waals surface area contributed by atoms with Crippen LogP contribution >= 0.6 is 11.6 Å². The molecule has 1 unspecified atom stereocenters. The fourth-order valence-corrected chi connectivity index (χ4v) is 2.78. The van der Waals surface area contributed by atoms with Gasteiger partial charge in [0.05, 0.1) is 6.61 Å². The van der Waals surface area contributed by atoms with Gasteiger partial charge in [0.15, 0.2) is 0 Å². The Kier molecular flexibility index (Phi) is 3.76. The van der Waals surface area contributed by atoms with Crippen LogP contribution in [0.5, 0.6) is 5.75 Å². The van der Waals surface area contributed by atoms with Crippen molar-refractivity contribution < 1.29 is 4.74 Å². The molecule has 1 aliphatic heterocycles. The molecule has 0 amide bonds. The van der Waals surface area contributed by atoms with Crippen molar-refractivity contribution in [1.29, 1.82) is 0 Å². The first-order valence-electron chi connectivity index (χ1n) is 6.95. The molecule has 2 nitrogen and oxygen atoms in total. The van der Waals surface area contributed by atoms with Crippen LogP contribution in [0.2, 0.25) is 5.02 Å². The second-order valence-electron chi connectivity index (χ2n) is 5.55. The molecular formula is C15H20ClNO. The predicted molar refractivity (Wildman–Crippen MR) is 74.4 cm³/mol. The van der Waals surface area contributed by atoms with E-state index in [1.165, 1.54) is 31.2 Å². The van der Waals surface area contributed by atoms with Gasteiger partial charge in [0.2, 0.25) is 0 Å². The second-order valence-corrected chi connectivity index (χ2v) is 5.98. The summed E-state index contributed by atoms with van der Waals surface area (Å²) in [7, 11) is 0. The van der Waals surface area contributed by atoms with Crippen molar-refractivity contribution >= 4 is 11.6 Å². The number of nitrogens with one attached hydrogen (secondary N) is 1. The lowest BCUT2D eigenvalue weighted by molar-refractivity contribution is 0.299. The van der Waals surface area contributed by atoms with E-state index in [-0.39, 0.29) is 0 Å². The van der Waals surface area contributed by atoms with Crippen LogP contribution in [0.1, 0.15) is 31.2 Å². The quantitative estimate of drug-likeness (QED) is 0.881. The van der Waals surface area contributed by atoms with Crippen LogP contribution in [0.25, 0.3) is 0 Å². The van der Waals surface area contributed by atoms with Crippen LogP contribution in [0.3, 0.4) is 0 Å². The molecule has 1 heterocycles. The fourth-order valence-electron chi connectivity index (χ4n) is 2.54. The summed E-state index contributed by atoms with van der Waals surface area (Å²) in [5.74, 6) is 1.71. The normalized spacial score (nSPS) is 23.3. The number of hydrogen-bond acceptors (Lipinski definition) is 2. The fraction of sp³-hybridized carbons (Fsp3) is 0.600. The number of ether oxygens (including phenoxy) is 1. The Morgan fingerprint density at radius 3 is 2.83 bits per heavy atom. The molecule has 1 aromatic carbocycles. The Morgan fingerprint density at radius 2 is 2.11 bits per heavy atom. The lowest BCUT2D eigenvalue weighted by Crippen LogP contribution is -2.23. The molecule has 3 heteroatoms. The van der Waals surface area contributed by atoms with E-state index in [1.807, 2.05) is 6.07 Å². The van der Waals surface area contributed by atoms with Crippen LogP contribution in [-0.4, -0.2) is 19.2 Å². The zero-order valence-electron chi connectivity index (χ0n) is 10.6. The summed E-state index contributed by atoms with van der Waals surface area (Å²) in [6.07, 6.45) is 6.25. The molecule has 1 aromatic rings.